The predicted molar refractivity (Wildman–Crippen MR) is 210 cm³/mol. The number of nitrogens with one attached hydrogen (secondary N) is 4. The van der Waals surface area contributed by atoms with Crippen LogP contribution in [0.5, 0.6) is 0 Å². The van der Waals surface area contributed by atoms with Gasteiger partial charge in [-0.05, 0) is 81.8 Å². The van der Waals surface area contributed by atoms with Crippen molar-refractivity contribution < 1.29 is 9.59 Å². The molecule has 4 N–H and O–H groups in total. The van der Waals surface area contributed by atoms with Crippen molar-refractivity contribution in [3.63, 3.8) is 0 Å². The number of anilines is 2. The summed E-state index contributed by atoms with van der Waals surface area (Å²) in [5.41, 5.74) is 3.86. The fourth-order valence-electron chi connectivity index (χ4n) is 5.97. The van der Waals surface area contributed by atoms with Crippen molar-refractivity contribution in [3.05, 3.63) is 59.7 Å². The molecule has 2 aromatic rings. The van der Waals surface area contributed by atoms with Crippen LogP contribution in [0.4, 0.5) is 21.0 Å². The highest BCUT2D eigenvalue weighted by molar-refractivity contribution is 5.89. The van der Waals surface area contributed by atoms with E-state index in [2.05, 4.69) is 59.0 Å². The molecular weight excluding hydrogens is 608 g/mol. The Balaban J connectivity index is 1.55. The van der Waals surface area contributed by atoms with E-state index < -0.39 is 0 Å². The predicted octanol–water partition coefficient (Wildman–Crippen LogP) is 9.67. The van der Waals surface area contributed by atoms with Gasteiger partial charge in [-0.1, -0.05) is 128 Å². The molecule has 0 heterocycles. The lowest BCUT2D eigenvalue weighted by Gasteiger charge is -2.17. The van der Waals surface area contributed by atoms with Gasteiger partial charge in [-0.15, -0.1) is 0 Å². The number of amides is 4. The SMILES string of the molecule is CCCCCCCCCCN(C)CCNC(=O)Nc1ccc(Cc2ccc(NC(=O)NCCN(C)CCCCCCCCCC)cc2)cc1. The van der Waals surface area contributed by atoms with Gasteiger partial charge in [0.05, 0.1) is 0 Å². The van der Waals surface area contributed by atoms with E-state index in [1.807, 2.05) is 48.5 Å². The van der Waals surface area contributed by atoms with Crippen LogP contribution in [-0.2, 0) is 6.42 Å². The summed E-state index contributed by atoms with van der Waals surface area (Å²) in [7, 11) is 4.25. The molecule has 0 spiro atoms. The molecule has 0 aliphatic rings. The normalized spacial score (nSPS) is 11.2. The minimum atomic E-state index is -0.175. The van der Waals surface area contributed by atoms with Crippen LogP contribution >= 0.6 is 0 Å². The topological polar surface area (TPSA) is 88.7 Å². The van der Waals surface area contributed by atoms with Crippen LogP contribution in [0.3, 0.4) is 0 Å². The molecule has 276 valence electrons. The van der Waals surface area contributed by atoms with Gasteiger partial charge in [-0.2, -0.15) is 0 Å². The zero-order valence-electron chi connectivity index (χ0n) is 31.6. The maximum atomic E-state index is 12.4. The number of nitrogens with zero attached hydrogens (tertiary/aromatic N) is 2. The summed E-state index contributed by atoms with van der Waals surface area (Å²) in [5.74, 6) is 0. The Morgan fingerprint density at radius 1 is 0.469 bits per heavy atom. The third kappa shape index (κ3) is 22.3. The highest BCUT2D eigenvalue weighted by Gasteiger charge is 2.06. The lowest BCUT2D eigenvalue weighted by molar-refractivity contribution is 0.248. The Morgan fingerprint density at radius 3 is 1.14 bits per heavy atom. The molecular formula is C41H70N6O2. The number of carbonyl (C=O) groups excluding carboxylic acids is 2. The summed E-state index contributed by atoms with van der Waals surface area (Å²) in [6.45, 7) is 9.61. The standard InChI is InChI=1S/C41H70N6O2/c1-5-7-9-11-13-15-17-19-31-46(3)33-29-42-40(48)44-38-25-21-36(22-26-38)35-37-23-27-39(28-24-37)45-41(49)43-30-34-47(4)32-20-18-16-14-12-10-8-6-2/h21-28H,5-20,29-35H2,1-4H3,(H2,42,44,48)(H2,43,45,49). The number of likely N-dealkylation sites (N-methyl/N-ethyl adjacent to an activating group) is 2. The molecule has 0 unspecified atom stereocenters. The van der Waals surface area contributed by atoms with E-state index >= 15 is 0 Å². The number of hydrogen-bond acceptors (Lipinski definition) is 4. The van der Waals surface area contributed by atoms with Crippen molar-refractivity contribution in [2.24, 2.45) is 0 Å². The number of hydrogen-bond donors (Lipinski definition) is 4. The van der Waals surface area contributed by atoms with E-state index in [4.69, 9.17) is 0 Å². The second-order valence-corrected chi connectivity index (χ2v) is 13.9. The molecule has 2 rings (SSSR count). The second-order valence-electron chi connectivity index (χ2n) is 13.9. The Bertz CT molecular complexity index is 1020. The van der Waals surface area contributed by atoms with Gasteiger partial charge in [0.2, 0.25) is 0 Å². The molecule has 49 heavy (non-hydrogen) atoms. The summed E-state index contributed by atoms with van der Waals surface area (Å²) in [5, 5.41) is 11.8. The van der Waals surface area contributed by atoms with Crippen LogP contribution in [0, 0.1) is 0 Å². The first-order valence-electron chi connectivity index (χ1n) is 19.5. The van der Waals surface area contributed by atoms with Gasteiger partial charge >= 0.3 is 12.1 Å². The molecule has 0 aromatic heterocycles. The van der Waals surface area contributed by atoms with Crippen LogP contribution in [0.25, 0.3) is 0 Å². The highest BCUT2D eigenvalue weighted by Crippen LogP contribution is 2.16. The summed E-state index contributed by atoms with van der Waals surface area (Å²) in [6, 6.07) is 15.6. The summed E-state index contributed by atoms with van der Waals surface area (Å²) < 4.78 is 0. The van der Waals surface area contributed by atoms with E-state index in [0.717, 1.165) is 55.1 Å². The van der Waals surface area contributed by atoms with Crippen molar-refractivity contribution in [1.82, 2.24) is 20.4 Å². The molecule has 0 saturated heterocycles. The zero-order chi connectivity index (χ0) is 35.4. The average Bonchev–Trinajstić information content (AvgIpc) is 3.09. The third-order valence-electron chi connectivity index (χ3n) is 9.18. The molecule has 0 radical (unpaired) electrons. The summed E-state index contributed by atoms with van der Waals surface area (Å²) >= 11 is 0. The van der Waals surface area contributed by atoms with E-state index in [-0.39, 0.29) is 12.1 Å². The van der Waals surface area contributed by atoms with Gasteiger partial charge in [-0.3, -0.25) is 0 Å². The Labute approximate surface area is 299 Å². The number of urea groups is 2. The van der Waals surface area contributed by atoms with Gasteiger partial charge in [0.15, 0.2) is 0 Å². The lowest BCUT2D eigenvalue weighted by atomic mass is 10.0. The molecule has 4 amide bonds. The largest absolute Gasteiger partial charge is 0.337 e. The van der Waals surface area contributed by atoms with Gasteiger partial charge in [-0.25, -0.2) is 9.59 Å². The highest BCUT2D eigenvalue weighted by atomic mass is 16.2. The van der Waals surface area contributed by atoms with Gasteiger partial charge in [0.1, 0.15) is 0 Å². The fourth-order valence-corrected chi connectivity index (χ4v) is 5.97. The monoisotopic (exact) mass is 679 g/mol. The van der Waals surface area contributed by atoms with E-state index in [1.165, 1.54) is 103 Å². The molecule has 0 fully saturated rings. The van der Waals surface area contributed by atoms with Gasteiger partial charge < -0.3 is 31.1 Å². The average molecular weight is 679 g/mol. The Morgan fingerprint density at radius 2 is 0.796 bits per heavy atom. The smallest absolute Gasteiger partial charge is 0.319 e. The first kappa shape index (κ1) is 42.1. The molecule has 8 nitrogen and oxygen atoms in total. The van der Waals surface area contributed by atoms with Crippen molar-refractivity contribution in [2.75, 3.05) is 64.0 Å². The molecule has 0 aliphatic carbocycles. The Kier molecular flexibility index (Phi) is 23.8. The summed E-state index contributed by atoms with van der Waals surface area (Å²) in [6.07, 6.45) is 22.0. The number of unbranched alkanes of at least 4 members (excludes halogenated alkanes) is 14. The van der Waals surface area contributed by atoms with Crippen molar-refractivity contribution >= 4 is 23.4 Å². The van der Waals surface area contributed by atoms with Gasteiger partial charge in [0.25, 0.3) is 0 Å². The Hall–Kier alpha value is -3.10. The number of carbonyl (C=O) groups is 2. The fraction of sp³-hybridized carbons (Fsp3) is 0.659. The molecule has 2 aromatic carbocycles. The van der Waals surface area contributed by atoms with Gasteiger partial charge in [0, 0.05) is 37.6 Å². The van der Waals surface area contributed by atoms with Crippen LogP contribution in [0.2, 0.25) is 0 Å². The second kappa shape index (κ2) is 27.7. The van der Waals surface area contributed by atoms with Crippen molar-refractivity contribution in [1.29, 1.82) is 0 Å². The van der Waals surface area contributed by atoms with E-state index in [9.17, 15) is 9.59 Å². The van der Waals surface area contributed by atoms with Crippen LogP contribution in [-0.4, -0.2) is 75.2 Å². The van der Waals surface area contributed by atoms with E-state index in [1.54, 1.807) is 0 Å². The first-order chi connectivity index (χ1) is 23.9. The third-order valence-corrected chi connectivity index (χ3v) is 9.18. The molecule has 0 saturated carbocycles. The zero-order valence-corrected chi connectivity index (χ0v) is 31.6. The van der Waals surface area contributed by atoms with Crippen LogP contribution in [0.15, 0.2) is 48.5 Å². The van der Waals surface area contributed by atoms with Crippen molar-refractivity contribution in [3.8, 4) is 0 Å². The minimum Gasteiger partial charge on any atom is -0.337 e. The molecule has 0 aliphatic heterocycles. The quantitative estimate of drug-likeness (QED) is 0.0675. The van der Waals surface area contributed by atoms with Crippen LogP contribution in [0.1, 0.15) is 128 Å². The van der Waals surface area contributed by atoms with E-state index in [0.29, 0.717) is 13.1 Å². The minimum absolute atomic E-state index is 0.175. The molecule has 0 atom stereocenters. The first-order valence-corrected chi connectivity index (χ1v) is 19.5. The number of benzene rings is 2. The lowest BCUT2D eigenvalue weighted by Crippen LogP contribution is -2.35. The van der Waals surface area contributed by atoms with Crippen molar-refractivity contribution in [2.45, 2.75) is 123 Å². The maximum Gasteiger partial charge on any atom is 0.319 e. The molecule has 0 bridgehead atoms. The molecule has 8 heteroatoms. The van der Waals surface area contributed by atoms with Crippen LogP contribution < -0.4 is 21.3 Å². The number of rotatable bonds is 28. The summed E-state index contributed by atoms with van der Waals surface area (Å²) in [4.78, 5) is 29.4. The maximum absolute atomic E-state index is 12.4.